The van der Waals surface area contributed by atoms with Crippen LogP contribution in [-0.2, 0) is 0 Å². The first kappa shape index (κ1) is 16.8. The summed E-state index contributed by atoms with van der Waals surface area (Å²) in [6.07, 6.45) is 1.56. The number of rotatable bonds is 5. The summed E-state index contributed by atoms with van der Waals surface area (Å²) in [7, 11) is 0. The molecule has 0 N–H and O–H groups in total. The number of ether oxygens (including phenoxy) is 2. The second kappa shape index (κ2) is 6.96. The second-order valence-corrected chi connectivity index (χ2v) is 6.12. The Labute approximate surface area is 155 Å². The SMILES string of the molecule is Cc1ccc(C=C2Oc3cc(OCC(=O)c4ccccc4)ccc3C2=O)o1. The molecule has 27 heavy (non-hydrogen) atoms. The lowest BCUT2D eigenvalue weighted by Crippen LogP contribution is -2.11. The largest absolute Gasteiger partial charge is 0.485 e. The molecule has 0 saturated heterocycles. The zero-order chi connectivity index (χ0) is 18.8. The van der Waals surface area contributed by atoms with Gasteiger partial charge in [-0.2, -0.15) is 0 Å². The van der Waals surface area contributed by atoms with Gasteiger partial charge < -0.3 is 13.9 Å². The molecule has 0 fully saturated rings. The Morgan fingerprint density at radius 1 is 1.07 bits per heavy atom. The summed E-state index contributed by atoms with van der Waals surface area (Å²) in [6, 6.07) is 17.4. The highest BCUT2D eigenvalue weighted by Crippen LogP contribution is 2.35. The van der Waals surface area contributed by atoms with E-state index in [1.165, 1.54) is 0 Å². The van der Waals surface area contributed by atoms with Crippen molar-refractivity contribution in [2.24, 2.45) is 0 Å². The molecular weight excluding hydrogens is 344 g/mol. The van der Waals surface area contributed by atoms with E-state index in [9.17, 15) is 9.59 Å². The number of ketones is 2. The lowest BCUT2D eigenvalue weighted by Gasteiger charge is -2.06. The molecule has 0 spiro atoms. The van der Waals surface area contributed by atoms with E-state index in [1.54, 1.807) is 54.6 Å². The third-order valence-electron chi connectivity index (χ3n) is 4.14. The zero-order valence-corrected chi connectivity index (χ0v) is 14.6. The Morgan fingerprint density at radius 3 is 2.63 bits per heavy atom. The number of Topliss-reactive ketones (excluding diaryl/α,β-unsaturated/α-hetero) is 2. The van der Waals surface area contributed by atoms with Gasteiger partial charge in [-0.1, -0.05) is 30.3 Å². The third-order valence-corrected chi connectivity index (χ3v) is 4.14. The molecule has 1 aliphatic rings. The molecule has 5 nitrogen and oxygen atoms in total. The lowest BCUT2D eigenvalue weighted by molar-refractivity contribution is 0.0921. The predicted octanol–water partition coefficient (Wildman–Crippen LogP) is 4.47. The van der Waals surface area contributed by atoms with Crippen LogP contribution >= 0.6 is 0 Å². The fourth-order valence-electron chi connectivity index (χ4n) is 2.77. The average molecular weight is 360 g/mol. The minimum Gasteiger partial charge on any atom is -0.485 e. The van der Waals surface area contributed by atoms with Gasteiger partial charge in [0.2, 0.25) is 5.78 Å². The van der Waals surface area contributed by atoms with Crippen LogP contribution < -0.4 is 9.47 Å². The number of carbonyl (C=O) groups is 2. The molecule has 0 saturated carbocycles. The molecule has 2 aromatic carbocycles. The molecule has 1 aromatic heterocycles. The molecule has 0 atom stereocenters. The van der Waals surface area contributed by atoms with E-state index in [1.807, 2.05) is 19.1 Å². The van der Waals surface area contributed by atoms with Gasteiger partial charge in [0.25, 0.3) is 0 Å². The summed E-state index contributed by atoms with van der Waals surface area (Å²) in [5.41, 5.74) is 1.04. The number of hydrogen-bond acceptors (Lipinski definition) is 5. The number of fused-ring (bicyclic) bond motifs is 1. The molecule has 0 amide bonds. The molecular formula is C22H16O5. The molecule has 0 aliphatic carbocycles. The fraction of sp³-hybridized carbons (Fsp3) is 0.0909. The minimum absolute atomic E-state index is 0.0921. The maximum absolute atomic E-state index is 12.4. The summed E-state index contributed by atoms with van der Waals surface area (Å²) in [4.78, 5) is 24.6. The monoisotopic (exact) mass is 360 g/mol. The number of hydrogen-bond donors (Lipinski definition) is 0. The normalized spacial score (nSPS) is 14.1. The highest BCUT2D eigenvalue weighted by Gasteiger charge is 2.28. The summed E-state index contributed by atoms with van der Waals surface area (Å²) in [5.74, 6) is 2.02. The van der Waals surface area contributed by atoms with Gasteiger partial charge in [0.1, 0.15) is 23.0 Å². The molecule has 0 radical (unpaired) electrons. The number of furan rings is 1. The number of carbonyl (C=O) groups excluding carboxylic acids is 2. The van der Waals surface area contributed by atoms with E-state index in [2.05, 4.69) is 0 Å². The third kappa shape index (κ3) is 3.53. The van der Waals surface area contributed by atoms with Gasteiger partial charge in [0, 0.05) is 17.7 Å². The van der Waals surface area contributed by atoms with Crippen LogP contribution in [-0.4, -0.2) is 18.2 Å². The van der Waals surface area contributed by atoms with Gasteiger partial charge in [0.15, 0.2) is 18.1 Å². The van der Waals surface area contributed by atoms with Gasteiger partial charge in [-0.05, 0) is 31.2 Å². The van der Waals surface area contributed by atoms with Gasteiger partial charge in [-0.15, -0.1) is 0 Å². The smallest absolute Gasteiger partial charge is 0.232 e. The first-order valence-corrected chi connectivity index (χ1v) is 8.46. The van der Waals surface area contributed by atoms with Crippen molar-refractivity contribution in [3.63, 3.8) is 0 Å². The van der Waals surface area contributed by atoms with Crippen molar-refractivity contribution >= 4 is 17.6 Å². The average Bonchev–Trinajstić information content (AvgIpc) is 3.23. The van der Waals surface area contributed by atoms with Crippen molar-refractivity contribution in [1.82, 2.24) is 0 Å². The second-order valence-electron chi connectivity index (χ2n) is 6.12. The molecule has 2 heterocycles. The van der Waals surface area contributed by atoms with E-state index < -0.39 is 0 Å². The van der Waals surface area contributed by atoms with E-state index in [0.29, 0.717) is 28.4 Å². The van der Waals surface area contributed by atoms with Crippen molar-refractivity contribution in [3.8, 4) is 11.5 Å². The van der Waals surface area contributed by atoms with Crippen LogP contribution in [0.3, 0.4) is 0 Å². The molecule has 0 bridgehead atoms. The van der Waals surface area contributed by atoms with E-state index in [4.69, 9.17) is 13.9 Å². The minimum atomic E-state index is -0.217. The van der Waals surface area contributed by atoms with E-state index in [0.717, 1.165) is 5.76 Å². The molecule has 0 unspecified atom stereocenters. The first-order chi connectivity index (χ1) is 13.1. The molecule has 5 heteroatoms. The van der Waals surface area contributed by atoms with Gasteiger partial charge in [-0.25, -0.2) is 0 Å². The number of benzene rings is 2. The molecule has 134 valence electrons. The fourth-order valence-corrected chi connectivity index (χ4v) is 2.77. The topological polar surface area (TPSA) is 65.7 Å². The quantitative estimate of drug-likeness (QED) is 0.496. The van der Waals surface area contributed by atoms with Crippen LogP contribution in [0.4, 0.5) is 0 Å². The van der Waals surface area contributed by atoms with Crippen LogP contribution in [0, 0.1) is 6.92 Å². The van der Waals surface area contributed by atoms with Crippen molar-refractivity contribution < 1.29 is 23.5 Å². The van der Waals surface area contributed by atoms with Crippen LogP contribution in [0.2, 0.25) is 0 Å². The Morgan fingerprint density at radius 2 is 1.89 bits per heavy atom. The van der Waals surface area contributed by atoms with Crippen molar-refractivity contribution in [2.45, 2.75) is 6.92 Å². The van der Waals surface area contributed by atoms with Crippen LogP contribution in [0.5, 0.6) is 11.5 Å². The van der Waals surface area contributed by atoms with Crippen LogP contribution in [0.25, 0.3) is 6.08 Å². The maximum atomic E-state index is 12.4. The van der Waals surface area contributed by atoms with Crippen LogP contribution in [0.1, 0.15) is 32.2 Å². The number of aryl methyl sites for hydroxylation is 1. The maximum Gasteiger partial charge on any atom is 0.232 e. The van der Waals surface area contributed by atoms with Crippen LogP contribution in [0.15, 0.2) is 70.8 Å². The molecule has 3 aromatic rings. The predicted molar refractivity (Wildman–Crippen MR) is 99.1 cm³/mol. The van der Waals surface area contributed by atoms with Crippen molar-refractivity contribution in [3.05, 3.63) is 89.1 Å². The molecule has 1 aliphatic heterocycles. The van der Waals surface area contributed by atoms with E-state index >= 15 is 0 Å². The highest BCUT2D eigenvalue weighted by molar-refractivity contribution is 6.14. The van der Waals surface area contributed by atoms with Crippen molar-refractivity contribution in [1.29, 1.82) is 0 Å². The Bertz CT molecular complexity index is 1040. The Hall–Kier alpha value is -3.60. The summed E-state index contributed by atoms with van der Waals surface area (Å²) < 4.78 is 16.7. The Kier molecular flexibility index (Phi) is 4.34. The van der Waals surface area contributed by atoms with Gasteiger partial charge in [0.05, 0.1) is 5.56 Å². The summed E-state index contributed by atoms with van der Waals surface area (Å²) in [5, 5.41) is 0. The highest BCUT2D eigenvalue weighted by atomic mass is 16.5. The zero-order valence-electron chi connectivity index (χ0n) is 14.6. The lowest BCUT2D eigenvalue weighted by atomic mass is 10.1. The van der Waals surface area contributed by atoms with Crippen molar-refractivity contribution in [2.75, 3.05) is 6.61 Å². The summed E-state index contributed by atoms with van der Waals surface area (Å²) in [6.45, 7) is 1.74. The summed E-state index contributed by atoms with van der Waals surface area (Å²) >= 11 is 0. The van der Waals surface area contributed by atoms with E-state index in [-0.39, 0.29) is 23.9 Å². The standard InChI is InChI=1S/C22H16O5/c1-14-7-8-17(26-14)12-21-22(24)18-10-9-16(11-20(18)27-21)25-13-19(23)15-5-3-2-4-6-15/h2-12H,13H2,1H3. The first-order valence-electron chi connectivity index (χ1n) is 8.46. The van der Waals surface area contributed by atoms with Gasteiger partial charge >= 0.3 is 0 Å². The molecule has 4 rings (SSSR count). The number of allylic oxidation sites excluding steroid dienone is 1. The Balaban J connectivity index is 1.48. The van der Waals surface area contributed by atoms with Gasteiger partial charge in [-0.3, -0.25) is 9.59 Å².